The van der Waals surface area contributed by atoms with Gasteiger partial charge in [0.15, 0.2) is 5.78 Å². The second-order valence-electron chi connectivity index (χ2n) is 5.56. The van der Waals surface area contributed by atoms with E-state index in [9.17, 15) is 14.7 Å². The van der Waals surface area contributed by atoms with Gasteiger partial charge in [-0.05, 0) is 52.9 Å². The fourth-order valence-corrected chi connectivity index (χ4v) is 3.36. The van der Waals surface area contributed by atoms with E-state index in [1.165, 1.54) is 11.3 Å². The first-order chi connectivity index (χ1) is 11.1. The number of benzene rings is 1. The molecule has 1 aliphatic carbocycles. The number of anilines is 1. The summed E-state index contributed by atoms with van der Waals surface area (Å²) in [6.45, 7) is 0.131. The summed E-state index contributed by atoms with van der Waals surface area (Å²) in [5, 5.41) is 19.0. The molecule has 0 bridgehead atoms. The van der Waals surface area contributed by atoms with Crippen LogP contribution >= 0.6 is 11.3 Å². The molecule has 1 aromatic heterocycles. The number of carbonyl (C=O) groups excluding carboxylic acids is 2. The first-order valence-corrected chi connectivity index (χ1v) is 8.49. The molecule has 3 N–H and O–H groups in total. The predicted octanol–water partition coefficient (Wildman–Crippen LogP) is 3.12. The molecule has 2 amide bonds. The van der Waals surface area contributed by atoms with Gasteiger partial charge in [-0.1, -0.05) is 6.07 Å². The van der Waals surface area contributed by atoms with Crippen LogP contribution in [0.4, 0.5) is 10.5 Å². The van der Waals surface area contributed by atoms with Gasteiger partial charge < -0.3 is 15.7 Å². The van der Waals surface area contributed by atoms with Gasteiger partial charge in [-0.3, -0.25) is 4.79 Å². The van der Waals surface area contributed by atoms with E-state index in [4.69, 9.17) is 0 Å². The fraction of sp³-hybridized carbons (Fsp3) is 0.294. The Morgan fingerprint density at radius 1 is 1.30 bits per heavy atom. The molecule has 1 atom stereocenters. The average Bonchev–Trinajstić information content (AvgIpc) is 3.08. The molecule has 0 radical (unpaired) electrons. The molecule has 3 rings (SSSR count). The Morgan fingerprint density at radius 2 is 2.17 bits per heavy atom. The summed E-state index contributed by atoms with van der Waals surface area (Å²) in [5.41, 5.74) is 3.11. The minimum absolute atomic E-state index is 0.128. The van der Waals surface area contributed by atoms with Crippen LogP contribution in [-0.4, -0.2) is 23.5 Å². The topological polar surface area (TPSA) is 78.4 Å². The molecule has 6 heteroatoms. The maximum Gasteiger partial charge on any atom is 0.319 e. The number of aliphatic hydroxyl groups is 1. The molecule has 1 unspecified atom stereocenters. The Hall–Kier alpha value is -2.18. The number of thiophene rings is 1. The summed E-state index contributed by atoms with van der Waals surface area (Å²) in [4.78, 5) is 23.8. The number of amides is 2. The van der Waals surface area contributed by atoms with Gasteiger partial charge in [0.25, 0.3) is 0 Å². The van der Waals surface area contributed by atoms with E-state index in [-0.39, 0.29) is 12.3 Å². The summed E-state index contributed by atoms with van der Waals surface area (Å²) < 4.78 is 0. The highest BCUT2D eigenvalue weighted by molar-refractivity contribution is 7.07. The van der Waals surface area contributed by atoms with Crippen LogP contribution in [-0.2, 0) is 6.42 Å². The maximum atomic E-state index is 11.9. The van der Waals surface area contributed by atoms with Crippen molar-refractivity contribution in [1.82, 2.24) is 5.32 Å². The van der Waals surface area contributed by atoms with Crippen molar-refractivity contribution in [1.29, 1.82) is 0 Å². The molecule has 0 spiro atoms. The summed E-state index contributed by atoms with van der Waals surface area (Å²) >= 11 is 1.50. The SMILES string of the molecule is O=C(NCC(O)c1ccsc1)Nc1ccc2c(c1)C(=O)CCC2. The molecule has 0 saturated heterocycles. The number of urea groups is 1. The number of rotatable bonds is 4. The Balaban J connectivity index is 1.58. The maximum absolute atomic E-state index is 11.9. The van der Waals surface area contributed by atoms with Gasteiger partial charge >= 0.3 is 6.03 Å². The lowest BCUT2D eigenvalue weighted by molar-refractivity contribution is 0.0972. The van der Waals surface area contributed by atoms with Crippen molar-refractivity contribution >= 4 is 28.8 Å². The Morgan fingerprint density at radius 3 is 2.96 bits per heavy atom. The fourth-order valence-electron chi connectivity index (χ4n) is 2.65. The zero-order chi connectivity index (χ0) is 16.2. The van der Waals surface area contributed by atoms with E-state index in [0.717, 1.165) is 24.0 Å². The predicted molar refractivity (Wildman–Crippen MR) is 90.0 cm³/mol. The van der Waals surface area contributed by atoms with E-state index < -0.39 is 12.1 Å². The van der Waals surface area contributed by atoms with Crippen LogP contribution in [0.15, 0.2) is 35.0 Å². The van der Waals surface area contributed by atoms with Crippen LogP contribution in [0.3, 0.4) is 0 Å². The normalized spacial score (nSPS) is 14.9. The van der Waals surface area contributed by atoms with Crippen LogP contribution in [0.1, 0.15) is 40.4 Å². The molecule has 0 aliphatic heterocycles. The minimum atomic E-state index is -0.725. The minimum Gasteiger partial charge on any atom is -0.387 e. The van der Waals surface area contributed by atoms with Gasteiger partial charge in [-0.2, -0.15) is 11.3 Å². The van der Waals surface area contributed by atoms with E-state index >= 15 is 0 Å². The van der Waals surface area contributed by atoms with Crippen LogP contribution in [0, 0.1) is 0 Å². The monoisotopic (exact) mass is 330 g/mol. The number of nitrogens with one attached hydrogen (secondary N) is 2. The third kappa shape index (κ3) is 3.78. The van der Waals surface area contributed by atoms with E-state index in [0.29, 0.717) is 17.7 Å². The number of hydrogen-bond donors (Lipinski definition) is 3. The van der Waals surface area contributed by atoms with Gasteiger partial charge in [0, 0.05) is 24.2 Å². The van der Waals surface area contributed by atoms with Crippen molar-refractivity contribution in [2.45, 2.75) is 25.4 Å². The molecule has 1 aromatic carbocycles. The van der Waals surface area contributed by atoms with Crippen LogP contribution < -0.4 is 10.6 Å². The second-order valence-corrected chi connectivity index (χ2v) is 6.34. The molecule has 1 aliphatic rings. The Bertz CT molecular complexity index is 713. The van der Waals surface area contributed by atoms with Crippen molar-refractivity contribution < 1.29 is 14.7 Å². The van der Waals surface area contributed by atoms with Crippen LogP contribution in [0.25, 0.3) is 0 Å². The molecule has 5 nitrogen and oxygen atoms in total. The zero-order valence-electron chi connectivity index (χ0n) is 12.5. The van der Waals surface area contributed by atoms with Crippen molar-refractivity contribution in [3.63, 3.8) is 0 Å². The zero-order valence-corrected chi connectivity index (χ0v) is 13.4. The van der Waals surface area contributed by atoms with E-state index in [1.54, 1.807) is 12.1 Å². The van der Waals surface area contributed by atoms with Crippen molar-refractivity contribution in [2.24, 2.45) is 0 Å². The average molecular weight is 330 g/mol. The quantitative estimate of drug-likeness (QED) is 0.806. The van der Waals surface area contributed by atoms with Gasteiger partial charge in [-0.15, -0.1) is 0 Å². The third-order valence-corrected chi connectivity index (χ3v) is 4.60. The molecular formula is C17H18N2O3S. The Labute approximate surface area is 138 Å². The Kier molecular flexibility index (Phi) is 4.73. The first kappa shape index (κ1) is 15.7. The number of hydrogen-bond acceptors (Lipinski definition) is 4. The highest BCUT2D eigenvalue weighted by Crippen LogP contribution is 2.24. The van der Waals surface area contributed by atoms with Crippen LogP contribution in [0.5, 0.6) is 0 Å². The lowest BCUT2D eigenvalue weighted by Gasteiger charge is -2.16. The lowest BCUT2D eigenvalue weighted by Crippen LogP contribution is -2.32. The van der Waals surface area contributed by atoms with Crippen LogP contribution in [0.2, 0.25) is 0 Å². The number of ketones is 1. The summed E-state index contributed by atoms with van der Waals surface area (Å²) in [7, 11) is 0. The molecule has 23 heavy (non-hydrogen) atoms. The molecule has 120 valence electrons. The van der Waals surface area contributed by atoms with Gasteiger partial charge in [-0.25, -0.2) is 4.79 Å². The molecular weight excluding hydrogens is 312 g/mol. The highest BCUT2D eigenvalue weighted by atomic mass is 32.1. The number of Topliss-reactive ketones (excluding diaryl/α,β-unsaturated/α-hetero) is 1. The van der Waals surface area contributed by atoms with Gasteiger partial charge in [0.1, 0.15) is 0 Å². The van der Waals surface area contributed by atoms with Gasteiger partial charge in [0.2, 0.25) is 0 Å². The number of aryl methyl sites for hydroxylation is 1. The first-order valence-electron chi connectivity index (χ1n) is 7.54. The van der Waals surface area contributed by atoms with E-state index in [2.05, 4.69) is 10.6 Å². The molecule has 1 heterocycles. The second kappa shape index (κ2) is 6.93. The summed E-state index contributed by atoms with van der Waals surface area (Å²) in [6, 6.07) is 6.84. The highest BCUT2D eigenvalue weighted by Gasteiger charge is 2.17. The molecule has 2 aromatic rings. The third-order valence-electron chi connectivity index (χ3n) is 3.90. The lowest BCUT2D eigenvalue weighted by atomic mass is 9.90. The number of aliphatic hydroxyl groups excluding tert-OH is 1. The number of carbonyl (C=O) groups is 2. The number of fused-ring (bicyclic) bond motifs is 1. The largest absolute Gasteiger partial charge is 0.387 e. The van der Waals surface area contributed by atoms with Crippen molar-refractivity contribution in [2.75, 3.05) is 11.9 Å². The smallest absolute Gasteiger partial charge is 0.319 e. The molecule has 0 fully saturated rings. The summed E-state index contributed by atoms with van der Waals surface area (Å²) in [5.74, 6) is 0.128. The van der Waals surface area contributed by atoms with E-state index in [1.807, 2.05) is 22.9 Å². The van der Waals surface area contributed by atoms with Crippen molar-refractivity contribution in [3.05, 3.63) is 51.7 Å². The molecule has 0 saturated carbocycles. The van der Waals surface area contributed by atoms with Gasteiger partial charge in [0.05, 0.1) is 6.10 Å². The summed E-state index contributed by atoms with van der Waals surface area (Å²) in [6.07, 6.45) is 1.63. The standard InChI is InChI=1S/C17H18N2O3S/c20-15-3-1-2-11-4-5-13(8-14(11)15)19-17(22)18-9-16(21)12-6-7-23-10-12/h4-8,10,16,21H,1-3,9H2,(H2,18,19,22). The van der Waals surface area contributed by atoms with Crippen molar-refractivity contribution in [3.8, 4) is 0 Å².